The van der Waals surface area contributed by atoms with E-state index in [1.165, 1.54) is 6.42 Å². The monoisotopic (exact) mass is 264 g/mol. The van der Waals surface area contributed by atoms with Crippen LogP contribution in [0.4, 0.5) is 0 Å². The molecule has 4 heteroatoms. The number of carbonyl (C=O) groups is 2. The van der Waals surface area contributed by atoms with Gasteiger partial charge in [-0.2, -0.15) is 0 Å². The average molecular weight is 264 g/mol. The van der Waals surface area contributed by atoms with Gasteiger partial charge in [0.15, 0.2) is 0 Å². The van der Waals surface area contributed by atoms with E-state index in [1.54, 1.807) is 0 Å². The second-order valence-corrected chi connectivity index (χ2v) is 6.56. The molecule has 2 saturated carbocycles. The Balaban J connectivity index is 1.41. The van der Waals surface area contributed by atoms with E-state index >= 15 is 0 Å². The SMILES string of the molecule is CC1CC1C(=O)N1CCC(NC(=O)C2CCC2)CC1. The smallest absolute Gasteiger partial charge is 0.225 e. The number of amides is 2. The molecule has 0 radical (unpaired) electrons. The quantitative estimate of drug-likeness (QED) is 0.841. The van der Waals surface area contributed by atoms with Gasteiger partial charge in [0.05, 0.1) is 0 Å². The van der Waals surface area contributed by atoms with Crippen LogP contribution < -0.4 is 5.32 Å². The third-order valence-corrected chi connectivity index (χ3v) is 5.06. The van der Waals surface area contributed by atoms with Crippen LogP contribution >= 0.6 is 0 Å². The highest BCUT2D eigenvalue weighted by atomic mass is 16.2. The van der Waals surface area contributed by atoms with Crippen LogP contribution in [0.3, 0.4) is 0 Å². The maximum absolute atomic E-state index is 12.1. The van der Waals surface area contributed by atoms with Gasteiger partial charge >= 0.3 is 0 Å². The van der Waals surface area contributed by atoms with E-state index in [2.05, 4.69) is 12.2 Å². The minimum absolute atomic E-state index is 0.242. The number of rotatable bonds is 3. The van der Waals surface area contributed by atoms with Crippen molar-refractivity contribution in [3.8, 4) is 0 Å². The number of hydrogen-bond donors (Lipinski definition) is 1. The fourth-order valence-corrected chi connectivity index (χ4v) is 3.13. The first-order valence-electron chi connectivity index (χ1n) is 7.74. The van der Waals surface area contributed by atoms with Gasteiger partial charge in [-0.15, -0.1) is 0 Å². The van der Waals surface area contributed by atoms with Crippen LogP contribution in [0.1, 0.15) is 45.4 Å². The third kappa shape index (κ3) is 2.77. The molecular formula is C15H24N2O2. The summed E-state index contributed by atoms with van der Waals surface area (Å²) in [6.45, 7) is 3.78. The van der Waals surface area contributed by atoms with Crippen molar-refractivity contribution in [1.29, 1.82) is 0 Å². The summed E-state index contributed by atoms with van der Waals surface area (Å²) in [5, 5.41) is 3.16. The summed E-state index contributed by atoms with van der Waals surface area (Å²) >= 11 is 0. The van der Waals surface area contributed by atoms with Crippen molar-refractivity contribution in [3.05, 3.63) is 0 Å². The van der Waals surface area contributed by atoms with Gasteiger partial charge in [0.2, 0.25) is 11.8 Å². The summed E-state index contributed by atoms with van der Waals surface area (Å²) < 4.78 is 0. The fraction of sp³-hybridized carbons (Fsp3) is 0.867. The molecule has 106 valence electrons. The minimum Gasteiger partial charge on any atom is -0.353 e. The largest absolute Gasteiger partial charge is 0.353 e. The molecule has 1 aliphatic heterocycles. The summed E-state index contributed by atoms with van der Waals surface area (Å²) in [4.78, 5) is 26.0. The highest BCUT2D eigenvalue weighted by Gasteiger charge is 2.42. The molecule has 3 rings (SSSR count). The van der Waals surface area contributed by atoms with Crippen LogP contribution in [0.2, 0.25) is 0 Å². The molecule has 0 aromatic heterocycles. The molecule has 19 heavy (non-hydrogen) atoms. The van der Waals surface area contributed by atoms with Gasteiger partial charge in [-0.25, -0.2) is 0 Å². The normalized spacial score (nSPS) is 31.7. The van der Waals surface area contributed by atoms with Crippen molar-refractivity contribution in [2.75, 3.05) is 13.1 Å². The Kier molecular flexibility index (Phi) is 3.50. The van der Waals surface area contributed by atoms with E-state index in [9.17, 15) is 9.59 Å². The van der Waals surface area contributed by atoms with Crippen LogP contribution in [0.25, 0.3) is 0 Å². The lowest BCUT2D eigenvalue weighted by atomic mass is 9.84. The van der Waals surface area contributed by atoms with Crippen molar-refractivity contribution in [2.24, 2.45) is 17.8 Å². The maximum Gasteiger partial charge on any atom is 0.225 e. The lowest BCUT2D eigenvalue weighted by Crippen LogP contribution is -2.48. The van der Waals surface area contributed by atoms with E-state index in [4.69, 9.17) is 0 Å². The summed E-state index contributed by atoms with van der Waals surface area (Å²) in [6, 6.07) is 0.286. The molecule has 0 aromatic carbocycles. The Labute approximate surface area is 114 Å². The van der Waals surface area contributed by atoms with Crippen molar-refractivity contribution >= 4 is 11.8 Å². The summed E-state index contributed by atoms with van der Waals surface area (Å²) in [7, 11) is 0. The molecule has 1 N–H and O–H groups in total. The van der Waals surface area contributed by atoms with Gasteiger partial charge in [0.1, 0.15) is 0 Å². The van der Waals surface area contributed by atoms with Crippen molar-refractivity contribution in [1.82, 2.24) is 10.2 Å². The Morgan fingerprint density at radius 2 is 1.74 bits per heavy atom. The molecule has 0 spiro atoms. The second kappa shape index (κ2) is 5.14. The standard InChI is InChI=1S/C15H24N2O2/c1-10-9-13(10)15(19)17-7-5-12(6-8-17)16-14(18)11-3-2-4-11/h10-13H,2-9H2,1H3,(H,16,18). The van der Waals surface area contributed by atoms with Crippen LogP contribution in [-0.4, -0.2) is 35.8 Å². The molecule has 2 atom stereocenters. The zero-order chi connectivity index (χ0) is 13.4. The molecule has 4 nitrogen and oxygen atoms in total. The first kappa shape index (κ1) is 12.9. The van der Waals surface area contributed by atoms with E-state index in [0.717, 1.165) is 45.2 Å². The van der Waals surface area contributed by atoms with Gasteiger partial charge in [0.25, 0.3) is 0 Å². The van der Waals surface area contributed by atoms with E-state index in [0.29, 0.717) is 17.7 Å². The Hall–Kier alpha value is -1.06. The van der Waals surface area contributed by atoms with Crippen LogP contribution in [0, 0.1) is 17.8 Å². The van der Waals surface area contributed by atoms with Crippen LogP contribution in [0.15, 0.2) is 0 Å². The van der Waals surface area contributed by atoms with E-state index in [-0.39, 0.29) is 17.9 Å². The first-order valence-corrected chi connectivity index (χ1v) is 7.74. The molecule has 3 aliphatic rings. The lowest BCUT2D eigenvalue weighted by molar-refractivity contribution is -0.134. The first-order chi connectivity index (χ1) is 9.15. The summed E-state index contributed by atoms with van der Waals surface area (Å²) in [6.07, 6.45) is 6.23. The highest BCUT2D eigenvalue weighted by molar-refractivity contribution is 5.82. The van der Waals surface area contributed by atoms with E-state index < -0.39 is 0 Å². The molecule has 1 heterocycles. The predicted molar refractivity (Wildman–Crippen MR) is 72.4 cm³/mol. The molecule has 0 bridgehead atoms. The molecule has 3 fully saturated rings. The van der Waals surface area contributed by atoms with Gasteiger partial charge in [0, 0.05) is 31.0 Å². The van der Waals surface area contributed by atoms with Gasteiger partial charge in [-0.05, 0) is 38.0 Å². The Bertz CT molecular complexity index is 370. The number of nitrogens with one attached hydrogen (secondary N) is 1. The fourth-order valence-electron chi connectivity index (χ4n) is 3.13. The average Bonchev–Trinajstić information content (AvgIpc) is 3.04. The molecule has 1 saturated heterocycles. The molecule has 2 amide bonds. The Morgan fingerprint density at radius 3 is 2.21 bits per heavy atom. The Morgan fingerprint density at radius 1 is 1.11 bits per heavy atom. The number of piperidine rings is 1. The van der Waals surface area contributed by atoms with Gasteiger partial charge in [-0.1, -0.05) is 13.3 Å². The van der Waals surface area contributed by atoms with Crippen molar-refractivity contribution < 1.29 is 9.59 Å². The lowest BCUT2D eigenvalue weighted by Gasteiger charge is -2.34. The number of likely N-dealkylation sites (tertiary alicyclic amines) is 1. The van der Waals surface area contributed by atoms with Gasteiger partial charge in [-0.3, -0.25) is 9.59 Å². The number of nitrogens with zero attached hydrogens (tertiary/aromatic N) is 1. The molecule has 2 aliphatic carbocycles. The second-order valence-electron chi connectivity index (χ2n) is 6.56. The highest BCUT2D eigenvalue weighted by Crippen LogP contribution is 2.39. The topological polar surface area (TPSA) is 49.4 Å². The van der Waals surface area contributed by atoms with Crippen molar-refractivity contribution in [2.45, 2.75) is 51.5 Å². The maximum atomic E-state index is 12.1. The van der Waals surface area contributed by atoms with Crippen LogP contribution in [0.5, 0.6) is 0 Å². The zero-order valence-electron chi connectivity index (χ0n) is 11.7. The zero-order valence-corrected chi connectivity index (χ0v) is 11.7. The molecule has 2 unspecified atom stereocenters. The summed E-state index contributed by atoms with van der Waals surface area (Å²) in [5.74, 6) is 1.74. The predicted octanol–water partition coefficient (Wildman–Crippen LogP) is 1.55. The summed E-state index contributed by atoms with van der Waals surface area (Å²) in [5.41, 5.74) is 0. The van der Waals surface area contributed by atoms with E-state index in [1.807, 2.05) is 4.90 Å². The minimum atomic E-state index is 0.242. The molecule has 0 aromatic rings. The van der Waals surface area contributed by atoms with Gasteiger partial charge < -0.3 is 10.2 Å². The molecular weight excluding hydrogens is 240 g/mol. The van der Waals surface area contributed by atoms with Crippen LogP contribution in [-0.2, 0) is 9.59 Å². The number of hydrogen-bond acceptors (Lipinski definition) is 2. The van der Waals surface area contributed by atoms with Crippen molar-refractivity contribution in [3.63, 3.8) is 0 Å². The third-order valence-electron chi connectivity index (χ3n) is 5.06. The number of carbonyl (C=O) groups excluding carboxylic acids is 2.